The molecule has 23 heavy (non-hydrogen) atoms. The first-order valence-corrected chi connectivity index (χ1v) is 7.79. The molecule has 0 spiro atoms. The van der Waals surface area contributed by atoms with Crippen LogP contribution in [0.5, 0.6) is 0 Å². The van der Waals surface area contributed by atoms with Crippen LogP contribution in [0.3, 0.4) is 0 Å². The van der Waals surface area contributed by atoms with Crippen molar-refractivity contribution < 1.29 is 4.42 Å². The topological polar surface area (TPSA) is 13.1 Å². The minimum absolute atomic E-state index is 0.918. The minimum atomic E-state index is 0.918. The van der Waals surface area contributed by atoms with E-state index in [0.29, 0.717) is 0 Å². The Bertz CT molecular complexity index is 1150. The molecular formula is C22H14O. The van der Waals surface area contributed by atoms with Crippen molar-refractivity contribution in [2.75, 3.05) is 0 Å². The molecule has 0 radical (unpaired) electrons. The zero-order valence-corrected chi connectivity index (χ0v) is 12.5. The molecule has 4 aromatic carbocycles. The Morgan fingerprint density at radius 2 is 1.26 bits per heavy atom. The predicted molar refractivity (Wildman–Crippen MR) is 96.7 cm³/mol. The molecule has 0 N–H and O–H groups in total. The van der Waals surface area contributed by atoms with E-state index in [2.05, 4.69) is 66.7 Å². The van der Waals surface area contributed by atoms with E-state index in [4.69, 9.17) is 4.42 Å². The molecule has 0 unspecified atom stereocenters. The van der Waals surface area contributed by atoms with Crippen LogP contribution < -0.4 is 0 Å². The fraction of sp³-hybridized carbons (Fsp3) is 0. The third-order valence-electron chi connectivity index (χ3n) is 4.48. The molecule has 1 heteroatoms. The molecule has 0 aliphatic heterocycles. The SMILES string of the molecule is c1ccc(-c2cc3c(ccc4c5ccccc5ccc34)o2)cc1. The van der Waals surface area contributed by atoms with E-state index in [0.717, 1.165) is 16.9 Å². The van der Waals surface area contributed by atoms with Gasteiger partial charge in [-0.2, -0.15) is 0 Å². The third kappa shape index (κ3) is 1.87. The Kier molecular flexibility index (Phi) is 2.56. The molecule has 5 rings (SSSR count). The molecule has 1 aromatic heterocycles. The standard InChI is InChI=1S/C22H14O/c1-2-7-16(8-3-1)22-14-20-19-11-10-15-6-4-5-9-17(15)18(19)12-13-21(20)23-22/h1-14H. The van der Waals surface area contributed by atoms with Gasteiger partial charge in [0.25, 0.3) is 0 Å². The van der Waals surface area contributed by atoms with E-state index in [1.807, 2.05) is 18.2 Å². The van der Waals surface area contributed by atoms with Crippen LogP contribution in [0.15, 0.2) is 89.3 Å². The van der Waals surface area contributed by atoms with Gasteiger partial charge in [0.05, 0.1) is 0 Å². The van der Waals surface area contributed by atoms with Crippen molar-refractivity contribution in [3.63, 3.8) is 0 Å². The van der Waals surface area contributed by atoms with Crippen LogP contribution in [-0.4, -0.2) is 0 Å². The lowest BCUT2D eigenvalue weighted by Gasteiger charge is -2.04. The molecule has 0 fully saturated rings. The summed E-state index contributed by atoms with van der Waals surface area (Å²) in [6.07, 6.45) is 0. The van der Waals surface area contributed by atoms with Crippen LogP contribution in [-0.2, 0) is 0 Å². The maximum absolute atomic E-state index is 6.07. The molecular weight excluding hydrogens is 280 g/mol. The van der Waals surface area contributed by atoms with Crippen molar-refractivity contribution in [3.8, 4) is 11.3 Å². The Labute approximate surface area is 133 Å². The molecule has 0 saturated heterocycles. The maximum Gasteiger partial charge on any atom is 0.135 e. The number of furan rings is 1. The van der Waals surface area contributed by atoms with Crippen LogP contribution in [0.1, 0.15) is 0 Å². The lowest BCUT2D eigenvalue weighted by atomic mass is 9.99. The summed E-state index contributed by atoms with van der Waals surface area (Å²) in [6.45, 7) is 0. The van der Waals surface area contributed by atoms with Gasteiger partial charge in [0.2, 0.25) is 0 Å². The van der Waals surface area contributed by atoms with Gasteiger partial charge in [-0.3, -0.25) is 0 Å². The minimum Gasteiger partial charge on any atom is -0.456 e. The zero-order chi connectivity index (χ0) is 15.2. The highest BCUT2D eigenvalue weighted by Crippen LogP contribution is 2.35. The second-order valence-corrected chi connectivity index (χ2v) is 5.84. The summed E-state index contributed by atoms with van der Waals surface area (Å²) in [7, 11) is 0. The first kappa shape index (κ1) is 12.5. The van der Waals surface area contributed by atoms with Crippen molar-refractivity contribution in [1.82, 2.24) is 0 Å². The largest absolute Gasteiger partial charge is 0.456 e. The summed E-state index contributed by atoms with van der Waals surface area (Å²) in [5, 5.41) is 6.25. The monoisotopic (exact) mass is 294 g/mol. The second-order valence-electron chi connectivity index (χ2n) is 5.84. The summed E-state index contributed by atoms with van der Waals surface area (Å²) >= 11 is 0. The van der Waals surface area contributed by atoms with E-state index < -0.39 is 0 Å². The lowest BCUT2D eigenvalue weighted by Crippen LogP contribution is -1.77. The Morgan fingerprint density at radius 1 is 0.522 bits per heavy atom. The lowest BCUT2D eigenvalue weighted by molar-refractivity contribution is 0.632. The molecule has 0 aliphatic rings. The van der Waals surface area contributed by atoms with Gasteiger partial charge in [-0.25, -0.2) is 0 Å². The first-order chi connectivity index (χ1) is 11.4. The van der Waals surface area contributed by atoms with E-state index in [1.165, 1.54) is 26.9 Å². The molecule has 0 saturated carbocycles. The van der Waals surface area contributed by atoms with Gasteiger partial charge >= 0.3 is 0 Å². The van der Waals surface area contributed by atoms with Gasteiger partial charge < -0.3 is 4.42 Å². The summed E-state index contributed by atoms with van der Waals surface area (Å²) in [6, 6.07) is 29.5. The van der Waals surface area contributed by atoms with Gasteiger partial charge in [0, 0.05) is 10.9 Å². The molecule has 1 heterocycles. The smallest absolute Gasteiger partial charge is 0.135 e. The van der Waals surface area contributed by atoms with E-state index in [9.17, 15) is 0 Å². The molecule has 0 aliphatic carbocycles. The van der Waals surface area contributed by atoms with Crippen LogP contribution in [0.2, 0.25) is 0 Å². The summed E-state index contributed by atoms with van der Waals surface area (Å²) in [5.41, 5.74) is 2.05. The van der Waals surface area contributed by atoms with Crippen molar-refractivity contribution in [2.45, 2.75) is 0 Å². The quantitative estimate of drug-likeness (QED) is 0.326. The highest BCUT2D eigenvalue weighted by molar-refractivity contribution is 6.16. The zero-order valence-electron chi connectivity index (χ0n) is 12.5. The van der Waals surface area contributed by atoms with Crippen LogP contribution in [0.25, 0.3) is 43.8 Å². The normalized spacial score (nSPS) is 11.5. The molecule has 0 bridgehead atoms. The second kappa shape index (κ2) is 4.72. The molecule has 0 amide bonds. The summed E-state index contributed by atoms with van der Waals surface area (Å²) in [5.74, 6) is 0.918. The highest BCUT2D eigenvalue weighted by atomic mass is 16.3. The fourth-order valence-corrected chi connectivity index (χ4v) is 3.35. The first-order valence-electron chi connectivity index (χ1n) is 7.79. The average molecular weight is 294 g/mol. The van der Waals surface area contributed by atoms with E-state index >= 15 is 0 Å². The number of hydrogen-bond donors (Lipinski definition) is 0. The molecule has 0 atom stereocenters. The predicted octanol–water partition coefficient (Wildman–Crippen LogP) is 6.41. The highest BCUT2D eigenvalue weighted by Gasteiger charge is 2.10. The van der Waals surface area contributed by atoms with Crippen molar-refractivity contribution >= 4 is 32.5 Å². The maximum atomic E-state index is 6.07. The Hall–Kier alpha value is -3.06. The number of benzene rings is 4. The van der Waals surface area contributed by atoms with Gasteiger partial charge in [-0.05, 0) is 33.7 Å². The van der Waals surface area contributed by atoms with Crippen LogP contribution in [0, 0.1) is 0 Å². The average Bonchev–Trinajstić information content (AvgIpc) is 3.07. The van der Waals surface area contributed by atoms with Gasteiger partial charge in [-0.1, -0.05) is 72.8 Å². The van der Waals surface area contributed by atoms with Gasteiger partial charge in [0.15, 0.2) is 0 Å². The fourth-order valence-electron chi connectivity index (χ4n) is 3.35. The van der Waals surface area contributed by atoms with Crippen molar-refractivity contribution in [3.05, 3.63) is 84.9 Å². The number of fused-ring (bicyclic) bond motifs is 5. The van der Waals surface area contributed by atoms with Gasteiger partial charge in [0.1, 0.15) is 11.3 Å². The summed E-state index contributed by atoms with van der Waals surface area (Å²) in [4.78, 5) is 0. The van der Waals surface area contributed by atoms with Crippen molar-refractivity contribution in [1.29, 1.82) is 0 Å². The Balaban J connectivity index is 1.86. The Morgan fingerprint density at radius 3 is 2.17 bits per heavy atom. The van der Waals surface area contributed by atoms with Gasteiger partial charge in [-0.15, -0.1) is 0 Å². The van der Waals surface area contributed by atoms with Crippen LogP contribution in [0.4, 0.5) is 0 Å². The third-order valence-corrected chi connectivity index (χ3v) is 4.48. The van der Waals surface area contributed by atoms with Crippen LogP contribution >= 0.6 is 0 Å². The molecule has 1 nitrogen and oxygen atoms in total. The van der Waals surface area contributed by atoms with Crippen molar-refractivity contribution in [2.24, 2.45) is 0 Å². The summed E-state index contributed by atoms with van der Waals surface area (Å²) < 4.78 is 6.07. The number of rotatable bonds is 1. The number of hydrogen-bond acceptors (Lipinski definition) is 1. The van der Waals surface area contributed by atoms with E-state index in [-0.39, 0.29) is 0 Å². The molecule has 108 valence electrons. The molecule has 5 aromatic rings. The van der Waals surface area contributed by atoms with E-state index in [1.54, 1.807) is 0 Å².